The Morgan fingerprint density at radius 3 is 2.58 bits per heavy atom. The van der Waals surface area contributed by atoms with Crippen LogP contribution >= 0.6 is 0 Å². The number of hydrogen-bond donors (Lipinski definition) is 0. The van der Waals surface area contributed by atoms with Crippen molar-refractivity contribution in [3.8, 4) is 0 Å². The lowest BCUT2D eigenvalue weighted by Gasteiger charge is -2.27. The summed E-state index contributed by atoms with van der Waals surface area (Å²) in [5.74, 6) is 0.282. The molecule has 1 aliphatic heterocycles. The second kappa shape index (κ2) is 4.95. The predicted molar refractivity (Wildman–Crippen MR) is 74.6 cm³/mol. The fourth-order valence-electron chi connectivity index (χ4n) is 2.69. The van der Waals surface area contributed by atoms with E-state index in [2.05, 4.69) is 20.8 Å². The topological polar surface area (TPSA) is 20.3 Å². The standard InChI is InChI=1S/C16H22FNO/c1-11-9-13(17)5-6-14(11)15(19)18-8-7-12(10-18)16(2,3)4/h5-6,9,12H,7-8,10H2,1-4H3. The van der Waals surface area contributed by atoms with Gasteiger partial charge in [0.15, 0.2) is 0 Å². The van der Waals surface area contributed by atoms with Crippen LogP contribution in [0, 0.1) is 24.1 Å². The van der Waals surface area contributed by atoms with Gasteiger partial charge in [-0.2, -0.15) is 0 Å². The number of carbonyl (C=O) groups is 1. The summed E-state index contributed by atoms with van der Waals surface area (Å²) >= 11 is 0. The van der Waals surface area contributed by atoms with Crippen molar-refractivity contribution in [2.75, 3.05) is 13.1 Å². The lowest BCUT2D eigenvalue weighted by molar-refractivity contribution is 0.0776. The van der Waals surface area contributed by atoms with E-state index in [1.807, 2.05) is 4.90 Å². The van der Waals surface area contributed by atoms with Crippen LogP contribution in [0.25, 0.3) is 0 Å². The molecular formula is C16H22FNO. The molecule has 1 aromatic carbocycles. The second-order valence-electron chi connectivity index (χ2n) is 6.56. The molecule has 1 aliphatic rings. The lowest BCUT2D eigenvalue weighted by Crippen LogP contribution is -2.31. The maximum absolute atomic E-state index is 13.1. The van der Waals surface area contributed by atoms with Gasteiger partial charge in [0.2, 0.25) is 0 Å². The van der Waals surface area contributed by atoms with E-state index in [0.29, 0.717) is 17.0 Å². The molecule has 1 heterocycles. The highest BCUT2D eigenvalue weighted by Gasteiger charge is 2.34. The Hall–Kier alpha value is -1.38. The Balaban J connectivity index is 2.14. The first-order valence-corrected chi connectivity index (χ1v) is 6.84. The first kappa shape index (κ1) is 14.0. The molecule has 104 valence electrons. The van der Waals surface area contributed by atoms with Gasteiger partial charge >= 0.3 is 0 Å². The van der Waals surface area contributed by atoms with E-state index >= 15 is 0 Å². The van der Waals surface area contributed by atoms with Crippen LogP contribution in [0.5, 0.6) is 0 Å². The number of carbonyl (C=O) groups excluding carboxylic acids is 1. The average Bonchev–Trinajstić information content (AvgIpc) is 2.76. The number of rotatable bonds is 1. The minimum Gasteiger partial charge on any atom is -0.338 e. The Morgan fingerprint density at radius 2 is 2.05 bits per heavy atom. The van der Waals surface area contributed by atoms with Crippen molar-refractivity contribution >= 4 is 5.91 Å². The van der Waals surface area contributed by atoms with Crippen LogP contribution in [0.1, 0.15) is 43.1 Å². The Kier molecular flexibility index (Phi) is 3.66. The third-order valence-electron chi connectivity index (χ3n) is 4.12. The summed E-state index contributed by atoms with van der Waals surface area (Å²) in [5, 5.41) is 0. The summed E-state index contributed by atoms with van der Waals surface area (Å²) in [6.45, 7) is 10.0. The number of benzene rings is 1. The molecule has 1 atom stereocenters. The highest BCUT2D eigenvalue weighted by Crippen LogP contribution is 2.34. The molecule has 0 N–H and O–H groups in total. The van der Waals surface area contributed by atoms with E-state index in [1.54, 1.807) is 13.0 Å². The molecule has 3 heteroatoms. The van der Waals surface area contributed by atoms with Gasteiger partial charge in [0, 0.05) is 18.7 Å². The maximum Gasteiger partial charge on any atom is 0.254 e. The maximum atomic E-state index is 13.1. The largest absolute Gasteiger partial charge is 0.338 e. The zero-order valence-corrected chi connectivity index (χ0v) is 12.2. The van der Waals surface area contributed by atoms with Gasteiger partial charge < -0.3 is 4.90 Å². The minimum atomic E-state index is -0.289. The predicted octanol–water partition coefficient (Wildman–Crippen LogP) is 3.64. The normalized spacial score (nSPS) is 19.8. The summed E-state index contributed by atoms with van der Waals surface area (Å²) < 4.78 is 13.1. The number of hydrogen-bond acceptors (Lipinski definition) is 1. The Bertz CT molecular complexity index is 490. The second-order valence-corrected chi connectivity index (χ2v) is 6.56. The SMILES string of the molecule is Cc1cc(F)ccc1C(=O)N1CCC(C(C)(C)C)C1. The molecule has 1 unspecified atom stereocenters. The molecule has 0 aromatic heterocycles. The zero-order chi connectivity index (χ0) is 14.2. The summed E-state index contributed by atoms with van der Waals surface area (Å²) in [6.07, 6.45) is 1.05. The van der Waals surface area contributed by atoms with Crippen molar-refractivity contribution in [3.05, 3.63) is 35.1 Å². The summed E-state index contributed by atoms with van der Waals surface area (Å²) in [6, 6.07) is 4.37. The van der Waals surface area contributed by atoms with Crippen molar-refractivity contribution in [1.82, 2.24) is 4.90 Å². The van der Waals surface area contributed by atoms with Crippen LogP contribution in [0.4, 0.5) is 4.39 Å². The van der Waals surface area contributed by atoms with Crippen molar-refractivity contribution in [2.24, 2.45) is 11.3 Å². The lowest BCUT2D eigenvalue weighted by atomic mass is 9.80. The molecule has 0 radical (unpaired) electrons. The van der Waals surface area contributed by atoms with E-state index in [4.69, 9.17) is 0 Å². The van der Waals surface area contributed by atoms with Crippen molar-refractivity contribution in [2.45, 2.75) is 34.1 Å². The van der Waals surface area contributed by atoms with Gasteiger partial charge in [-0.25, -0.2) is 4.39 Å². The van der Waals surface area contributed by atoms with Gasteiger partial charge in [-0.05, 0) is 48.4 Å². The van der Waals surface area contributed by atoms with E-state index in [9.17, 15) is 9.18 Å². The molecule has 0 aliphatic carbocycles. The Morgan fingerprint density at radius 1 is 1.37 bits per heavy atom. The Labute approximate surface area is 114 Å². The van der Waals surface area contributed by atoms with Gasteiger partial charge in [0.05, 0.1) is 0 Å². The van der Waals surface area contributed by atoms with Crippen molar-refractivity contribution in [1.29, 1.82) is 0 Å². The smallest absolute Gasteiger partial charge is 0.254 e. The van der Waals surface area contributed by atoms with Gasteiger partial charge in [0.1, 0.15) is 5.82 Å². The quantitative estimate of drug-likeness (QED) is 0.757. The highest BCUT2D eigenvalue weighted by molar-refractivity contribution is 5.95. The number of aryl methyl sites for hydroxylation is 1. The fraction of sp³-hybridized carbons (Fsp3) is 0.562. The van der Waals surface area contributed by atoms with Crippen LogP contribution in [-0.4, -0.2) is 23.9 Å². The monoisotopic (exact) mass is 263 g/mol. The molecule has 2 rings (SSSR count). The van der Waals surface area contributed by atoms with Crippen LogP contribution in [0.2, 0.25) is 0 Å². The first-order chi connectivity index (χ1) is 8.79. The van der Waals surface area contributed by atoms with Crippen LogP contribution < -0.4 is 0 Å². The van der Waals surface area contributed by atoms with Crippen LogP contribution in [0.3, 0.4) is 0 Å². The molecular weight excluding hydrogens is 241 g/mol. The molecule has 1 fully saturated rings. The number of likely N-dealkylation sites (tertiary alicyclic amines) is 1. The molecule has 1 amide bonds. The minimum absolute atomic E-state index is 0.0317. The fourth-order valence-corrected chi connectivity index (χ4v) is 2.69. The zero-order valence-electron chi connectivity index (χ0n) is 12.2. The molecule has 0 bridgehead atoms. The third kappa shape index (κ3) is 2.96. The van der Waals surface area contributed by atoms with Crippen molar-refractivity contribution in [3.63, 3.8) is 0 Å². The van der Waals surface area contributed by atoms with Gasteiger partial charge in [-0.3, -0.25) is 4.79 Å². The van der Waals surface area contributed by atoms with Gasteiger partial charge in [0.25, 0.3) is 5.91 Å². The van der Waals surface area contributed by atoms with Gasteiger partial charge in [-0.15, -0.1) is 0 Å². The third-order valence-corrected chi connectivity index (χ3v) is 4.12. The van der Waals surface area contributed by atoms with Crippen LogP contribution in [-0.2, 0) is 0 Å². The summed E-state index contributed by atoms with van der Waals surface area (Å²) in [7, 11) is 0. The van der Waals surface area contributed by atoms with Crippen LogP contribution in [0.15, 0.2) is 18.2 Å². The summed E-state index contributed by atoms with van der Waals surface area (Å²) in [4.78, 5) is 14.4. The summed E-state index contributed by atoms with van der Waals surface area (Å²) in [5.41, 5.74) is 1.56. The molecule has 2 nitrogen and oxygen atoms in total. The highest BCUT2D eigenvalue weighted by atomic mass is 19.1. The van der Waals surface area contributed by atoms with E-state index in [1.165, 1.54) is 12.1 Å². The van der Waals surface area contributed by atoms with E-state index in [0.717, 1.165) is 19.5 Å². The molecule has 0 spiro atoms. The molecule has 19 heavy (non-hydrogen) atoms. The van der Waals surface area contributed by atoms with E-state index < -0.39 is 0 Å². The molecule has 1 aromatic rings. The van der Waals surface area contributed by atoms with E-state index in [-0.39, 0.29) is 17.1 Å². The van der Waals surface area contributed by atoms with Gasteiger partial charge in [-0.1, -0.05) is 20.8 Å². The average molecular weight is 263 g/mol. The van der Waals surface area contributed by atoms with Crippen molar-refractivity contribution < 1.29 is 9.18 Å². The number of amides is 1. The number of nitrogens with zero attached hydrogens (tertiary/aromatic N) is 1. The number of halogens is 1. The molecule has 0 saturated carbocycles. The molecule has 1 saturated heterocycles. The first-order valence-electron chi connectivity index (χ1n) is 6.84.